The number of allylic oxidation sites excluding steroid dienone is 1. The molecule has 0 amide bonds. The Bertz CT molecular complexity index is 728. The Labute approximate surface area is 207 Å². The SMILES string of the molecule is COC(=O)CCCCCCCC(/C=C(/C)C(CC(=O)OC)C(=O)OC)C(CC(=O)OC)C(=O)OC. The summed E-state index contributed by atoms with van der Waals surface area (Å²) in [6.07, 6.45) is 6.33. The number of carbonyl (C=O) groups is 5. The first-order valence-corrected chi connectivity index (χ1v) is 11.7. The quantitative estimate of drug-likeness (QED) is 0.127. The molecule has 0 aromatic heterocycles. The highest BCUT2D eigenvalue weighted by Crippen LogP contribution is 2.30. The number of esters is 5. The van der Waals surface area contributed by atoms with Crippen LogP contribution in [0.3, 0.4) is 0 Å². The number of rotatable bonds is 17. The zero-order chi connectivity index (χ0) is 26.8. The van der Waals surface area contributed by atoms with Crippen LogP contribution in [0.2, 0.25) is 0 Å². The summed E-state index contributed by atoms with van der Waals surface area (Å²) < 4.78 is 23.9. The van der Waals surface area contributed by atoms with Gasteiger partial charge in [-0.25, -0.2) is 0 Å². The van der Waals surface area contributed by atoms with Gasteiger partial charge in [0.25, 0.3) is 0 Å². The molecule has 0 bridgehead atoms. The van der Waals surface area contributed by atoms with Crippen molar-refractivity contribution in [2.24, 2.45) is 17.8 Å². The van der Waals surface area contributed by atoms with Gasteiger partial charge in [-0.2, -0.15) is 0 Å². The first-order chi connectivity index (χ1) is 16.6. The van der Waals surface area contributed by atoms with Crippen LogP contribution in [-0.4, -0.2) is 65.4 Å². The molecule has 200 valence electrons. The standard InChI is InChI=1S/C25H40O10/c1-17(19(24(29)34-5)15-22(27)32-3)14-18(20(25(30)35-6)16-23(28)33-4)12-10-8-7-9-11-13-21(26)31-2/h14,18-20H,7-13,15-16H2,1-6H3/b17-14-. The fourth-order valence-corrected chi connectivity index (χ4v) is 3.78. The normalized spacial score (nSPS) is 13.7. The van der Waals surface area contributed by atoms with Crippen molar-refractivity contribution in [1.29, 1.82) is 0 Å². The maximum atomic E-state index is 12.6. The number of unbranched alkanes of at least 4 members (excludes halogenated alkanes) is 4. The largest absolute Gasteiger partial charge is 0.469 e. The highest BCUT2D eigenvalue weighted by molar-refractivity contribution is 5.83. The van der Waals surface area contributed by atoms with Crippen molar-refractivity contribution in [3.63, 3.8) is 0 Å². The number of ether oxygens (including phenoxy) is 5. The van der Waals surface area contributed by atoms with E-state index < -0.39 is 41.6 Å². The lowest BCUT2D eigenvalue weighted by atomic mass is 9.82. The minimum Gasteiger partial charge on any atom is -0.469 e. The van der Waals surface area contributed by atoms with Crippen LogP contribution in [-0.2, 0) is 47.7 Å². The number of hydrogen-bond donors (Lipinski definition) is 0. The predicted octanol–water partition coefficient (Wildman–Crippen LogP) is 3.16. The maximum Gasteiger partial charge on any atom is 0.313 e. The van der Waals surface area contributed by atoms with Crippen LogP contribution < -0.4 is 0 Å². The first-order valence-electron chi connectivity index (χ1n) is 11.7. The number of methoxy groups -OCH3 is 5. The van der Waals surface area contributed by atoms with E-state index >= 15 is 0 Å². The van der Waals surface area contributed by atoms with Gasteiger partial charge in [0.2, 0.25) is 0 Å². The molecular formula is C25H40O10. The molecule has 0 heterocycles. The zero-order valence-electron chi connectivity index (χ0n) is 21.8. The average Bonchev–Trinajstić information content (AvgIpc) is 2.87. The van der Waals surface area contributed by atoms with E-state index in [9.17, 15) is 24.0 Å². The summed E-state index contributed by atoms with van der Waals surface area (Å²) in [5.41, 5.74) is 0.532. The van der Waals surface area contributed by atoms with Crippen LogP contribution in [0.1, 0.15) is 64.7 Å². The fraction of sp³-hybridized carbons (Fsp3) is 0.720. The predicted molar refractivity (Wildman–Crippen MR) is 126 cm³/mol. The topological polar surface area (TPSA) is 132 Å². The first kappa shape index (κ1) is 32.1. The summed E-state index contributed by atoms with van der Waals surface area (Å²) >= 11 is 0. The third-order valence-electron chi connectivity index (χ3n) is 5.89. The second-order valence-corrected chi connectivity index (χ2v) is 8.22. The lowest BCUT2D eigenvalue weighted by molar-refractivity contribution is -0.153. The van der Waals surface area contributed by atoms with Crippen LogP contribution in [0.4, 0.5) is 0 Å². The summed E-state index contributed by atoms with van der Waals surface area (Å²) in [7, 11) is 6.31. The highest BCUT2D eigenvalue weighted by Gasteiger charge is 2.32. The molecule has 0 saturated carbocycles. The smallest absolute Gasteiger partial charge is 0.313 e. The van der Waals surface area contributed by atoms with E-state index in [1.165, 1.54) is 35.5 Å². The highest BCUT2D eigenvalue weighted by atomic mass is 16.5. The monoisotopic (exact) mass is 500 g/mol. The van der Waals surface area contributed by atoms with Crippen LogP contribution >= 0.6 is 0 Å². The molecule has 0 aromatic carbocycles. The van der Waals surface area contributed by atoms with Gasteiger partial charge in [-0.3, -0.25) is 24.0 Å². The van der Waals surface area contributed by atoms with E-state index in [-0.39, 0.29) is 18.8 Å². The van der Waals surface area contributed by atoms with E-state index in [0.717, 1.165) is 32.1 Å². The number of hydrogen-bond acceptors (Lipinski definition) is 10. The second-order valence-electron chi connectivity index (χ2n) is 8.22. The Hall–Kier alpha value is -2.91. The molecule has 3 atom stereocenters. The summed E-state index contributed by atoms with van der Waals surface area (Å²) in [5, 5.41) is 0. The van der Waals surface area contributed by atoms with Gasteiger partial charge in [0.05, 0.1) is 60.2 Å². The van der Waals surface area contributed by atoms with Crippen molar-refractivity contribution in [3.8, 4) is 0 Å². The molecule has 3 unspecified atom stereocenters. The minimum absolute atomic E-state index is 0.184. The van der Waals surface area contributed by atoms with Crippen molar-refractivity contribution in [2.45, 2.75) is 64.7 Å². The van der Waals surface area contributed by atoms with E-state index in [1.807, 2.05) is 0 Å². The Balaban J connectivity index is 5.63. The number of carbonyl (C=O) groups excluding carboxylic acids is 5. The molecule has 35 heavy (non-hydrogen) atoms. The molecule has 0 radical (unpaired) electrons. The summed E-state index contributed by atoms with van der Waals surface area (Å²) in [5.74, 6) is -4.68. The molecule has 0 aromatic rings. The van der Waals surface area contributed by atoms with E-state index in [1.54, 1.807) is 13.0 Å². The minimum atomic E-state index is -0.885. The molecule has 0 aliphatic heterocycles. The van der Waals surface area contributed by atoms with Gasteiger partial charge in [0.1, 0.15) is 0 Å². The lowest BCUT2D eigenvalue weighted by Gasteiger charge is -2.24. The molecule has 0 saturated heterocycles. The lowest BCUT2D eigenvalue weighted by Crippen LogP contribution is -2.28. The summed E-state index contributed by atoms with van der Waals surface area (Å²) in [6.45, 7) is 1.68. The van der Waals surface area contributed by atoms with Crippen LogP contribution in [0, 0.1) is 17.8 Å². The summed E-state index contributed by atoms with van der Waals surface area (Å²) in [6, 6.07) is 0. The molecule has 10 nitrogen and oxygen atoms in total. The van der Waals surface area contributed by atoms with Gasteiger partial charge in [0, 0.05) is 6.42 Å². The molecule has 10 heteroatoms. The van der Waals surface area contributed by atoms with Crippen molar-refractivity contribution < 1.29 is 47.7 Å². The van der Waals surface area contributed by atoms with Crippen molar-refractivity contribution in [3.05, 3.63) is 11.6 Å². The molecule has 0 aliphatic carbocycles. The van der Waals surface area contributed by atoms with Gasteiger partial charge in [0.15, 0.2) is 0 Å². The van der Waals surface area contributed by atoms with Crippen LogP contribution in [0.15, 0.2) is 11.6 Å². The van der Waals surface area contributed by atoms with Crippen molar-refractivity contribution in [1.82, 2.24) is 0 Å². The Morgan fingerprint density at radius 2 is 1.14 bits per heavy atom. The molecule has 0 aliphatic rings. The molecule has 0 rings (SSSR count). The molecular weight excluding hydrogens is 460 g/mol. The van der Waals surface area contributed by atoms with Gasteiger partial charge in [-0.05, 0) is 25.7 Å². The average molecular weight is 501 g/mol. The Kier molecular flexibility index (Phi) is 16.9. The zero-order valence-corrected chi connectivity index (χ0v) is 21.8. The van der Waals surface area contributed by atoms with Gasteiger partial charge >= 0.3 is 29.8 Å². The summed E-state index contributed by atoms with van der Waals surface area (Å²) in [4.78, 5) is 60.0. The third kappa shape index (κ3) is 12.9. The second kappa shape index (κ2) is 18.4. The van der Waals surface area contributed by atoms with Gasteiger partial charge in [-0.15, -0.1) is 0 Å². The van der Waals surface area contributed by atoms with E-state index in [4.69, 9.17) is 18.9 Å². The Morgan fingerprint density at radius 1 is 0.629 bits per heavy atom. The van der Waals surface area contributed by atoms with Gasteiger partial charge < -0.3 is 23.7 Å². The maximum absolute atomic E-state index is 12.6. The molecule has 0 spiro atoms. The van der Waals surface area contributed by atoms with Crippen molar-refractivity contribution >= 4 is 29.8 Å². The third-order valence-corrected chi connectivity index (χ3v) is 5.89. The molecule has 0 fully saturated rings. The van der Waals surface area contributed by atoms with Crippen LogP contribution in [0.5, 0.6) is 0 Å². The van der Waals surface area contributed by atoms with E-state index in [2.05, 4.69) is 4.74 Å². The van der Waals surface area contributed by atoms with Crippen molar-refractivity contribution in [2.75, 3.05) is 35.5 Å². The van der Waals surface area contributed by atoms with E-state index in [0.29, 0.717) is 18.4 Å². The molecule has 0 N–H and O–H groups in total. The fourth-order valence-electron chi connectivity index (χ4n) is 3.78. The van der Waals surface area contributed by atoms with Crippen LogP contribution in [0.25, 0.3) is 0 Å². The Morgan fingerprint density at radius 3 is 1.69 bits per heavy atom. The van der Waals surface area contributed by atoms with Gasteiger partial charge in [-0.1, -0.05) is 37.3 Å².